The molecule has 2 amide bonds. The van der Waals surface area contributed by atoms with Crippen LogP contribution < -0.4 is 5.32 Å². The van der Waals surface area contributed by atoms with Crippen LogP contribution in [-0.2, 0) is 9.63 Å². The molecule has 2 N–H and O–H groups in total. The number of aromatic nitrogens is 1. The maximum Gasteiger partial charge on any atom is 0.254 e. The Bertz CT molecular complexity index is 1170. The summed E-state index contributed by atoms with van der Waals surface area (Å²) in [7, 11) is 1.46. The van der Waals surface area contributed by atoms with Crippen molar-refractivity contribution in [3.63, 3.8) is 0 Å². The highest BCUT2D eigenvalue weighted by Gasteiger charge is 2.35. The molecule has 1 aliphatic rings. The van der Waals surface area contributed by atoms with Crippen LogP contribution in [-0.4, -0.2) is 58.8 Å². The number of nitrogens with one attached hydrogen (secondary N) is 1. The van der Waals surface area contributed by atoms with Gasteiger partial charge in [-0.05, 0) is 41.0 Å². The van der Waals surface area contributed by atoms with E-state index < -0.39 is 6.10 Å². The molecule has 1 aliphatic heterocycles. The van der Waals surface area contributed by atoms with Crippen molar-refractivity contribution < 1.29 is 19.5 Å². The Morgan fingerprint density at radius 3 is 2.46 bits per heavy atom. The number of nitrogens with zero attached hydrogens (tertiary/aromatic N) is 3. The summed E-state index contributed by atoms with van der Waals surface area (Å²) in [6, 6.07) is 20.0. The van der Waals surface area contributed by atoms with Crippen molar-refractivity contribution in [2.45, 2.75) is 25.0 Å². The third-order valence-corrected chi connectivity index (χ3v) is 5.99. The molecule has 0 bridgehead atoms. The van der Waals surface area contributed by atoms with Crippen LogP contribution in [0.25, 0.3) is 11.1 Å². The first-order valence-electron chi connectivity index (χ1n) is 11.4. The Kier molecular flexibility index (Phi) is 7.84. The van der Waals surface area contributed by atoms with Gasteiger partial charge in [0.2, 0.25) is 5.91 Å². The van der Waals surface area contributed by atoms with Crippen LogP contribution in [0, 0.1) is 0 Å². The highest BCUT2D eigenvalue weighted by Crippen LogP contribution is 2.24. The minimum Gasteiger partial charge on any atom is -0.399 e. The Hall–Kier alpha value is -4.04. The largest absolute Gasteiger partial charge is 0.399 e. The minimum absolute atomic E-state index is 0.0962. The van der Waals surface area contributed by atoms with E-state index in [4.69, 9.17) is 4.84 Å². The monoisotopic (exact) mass is 472 g/mol. The number of benzene rings is 2. The van der Waals surface area contributed by atoms with Crippen molar-refractivity contribution in [2.24, 2.45) is 5.16 Å². The zero-order valence-electron chi connectivity index (χ0n) is 19.5. The van der Waals surface area contributed by atoms with Gasteiger partial charge in [-0.25, -0.2) is 0 Å². The van der Waals surface area contributed by atoms with E-state index in [0.29, 0.717) is 24.2 Å². The lowest BCUT2D eigenvalue weighted by Gasteiger charge is -2.24. The molecular weight excluding hydrogens is 444 g/mol. The van der Waals surface area contributed by atoms with Crippen LogP contribution >= 0.6 is 0 Å². The predicted molar refractivity (Wildman–Crippen MR) is 133 cm³/mol. The number of oxime groups is 1. The van der Waals surface area contributed by atoms with Gasteiger partial charge in [0.05, 0.1) is 18.4 Å². The van der Waals surface area contributed by atoms with Gasteiger partial charge in [0, 0.05) is 43.4 Å². The molecule has 2 heterocycles. The van der Waals surface area contributed by atoms with Gasteiger partial charge in [-0.15, -0.1) is 0 Å². The van der Waals surface area contributed by atoms with E-state index in [1.165, 1.54) is 7.11 Å². The van der Waals surface area contributed by atoms with Crippen molar-refractivity contribution in [1.82, 2.24) is 15.2 Å². The number of carbonyl (C=O) groups excluding carboxylic acids is 2. The van der Waals surface area contributed by atoms with Gasteiger partial charge in [-0.1, -0.05) is 47.6 Å². The number of hydrogen-bond acceptors (Lipinski definition) is 6. The molecule has 1 aromatic heterocycles. The fourth-order valence-electron chi connectivity index (χ4n) is 4.19. The van der Waals surface area contributed by atoms with Crippen molar-refractivity contribution >= 4 is 17.5 Å². The van der Waals surface area contributed by atoms with Gasteiger partial charge < -0.3 is 20.2 Å². The lowest BCUT2D eigenvalue weighted by Crippen LogP contribution is -2.40. The molecule has 3 aromatic rings. The first kappa shape index (κ1) is 24.1. The molecule has 1 fully saturated rings. The van der Waals surface area contributed by atoms with E-state index in [1.54, 1.807) is 29.4 Å². The maximum absolute atomic E-state index is 13.3. The van der Waals surface area contributed by atoms with Gasteiger partial charge in [0.1, 0.15) is 7.11 Å². The molecule has 1 saturated heterocycles. The van der Waals surface area contributed by atoms with Crippen LogP contribution in [0.4, 0.5) is 0 Å². The van der Waals surface area contributed by atoms with Gasteiger partial charge in [-0.3, -0.25) is 14.6 Å². The molecule has 0 unspecified atom stereocenters. The first-order chi connectivity index (χ1) is 17.0. The highest BCUT2D eigenvalue weighted by atomic mass is 16.6. The number of aliphatic hydroxyl groups is 1. The van der Waals surface area contributed by atoms with Gasteiger partial charge in [0.25, 0.3) is 5.91 Å². The fourth-order valence-corrected chi connectivity index (χ4v) is 4.19. The number of carbonyl (C=O) groups is 2. The SMILES string of the molecule is CON=C1C[C@@H](CC(=O)NC[C@@H](O)c2ccccc2)N(C(=O)c2ccc(-c3ccncc3)cc2)C1. The topological polar surface area (TPSA) is 104 Å². The number of likely N-dealkylation sites (tertiary alicyclic amines) is 1. The highest BCUT2D eigenvalue weighted by molar-refractivity contribution is 6.01. The molecule has 0 aliphatic carbocycles. The lowest BCUT2D eigenvalue weighted by atomic mass is 10.0. The van der Waals surface area contributed by atoms with Gasteiger partial charge >= 0.3 is 0 Å². The third-order valence-electron chi connectivity index (χ3n) is 5.99. The molecular formula is C27H28N4O4. The molecule has 8 nitrogen and oxygen atoms in total. The minimum atomic E-state index is -0.800. The van der Waals surface area contributed by atoms with Crippen LogP contribution in [0.1, 0.15) is 34.9 Å². The van der Waals surface area contributed by atoms with E-state index in [1.807, 2.05) is 54.6 Å². The molecule has 2 aromatic carbocycles. The number of hydrogen-bond donors (Lipinski definition) is 2. The van der Waals surface area contributed by atoms with E-state index in [-0.39, 0.29) is 30.8 Å². The third kappa shape index (κ3) is 6.10. The van der Waals surface area contributed by atoms with Crippen molar-refractivity contribution in [3.8, 4) is 11.1 Å². The number of amides is 2. The fraction of sp³-hybridized carbons (Fsp3) is 0.259. The molecule has 4 rings (SSSR count). The summed E-state index contributed by atoms with van der Waals surface area (Å²) in [6.07, 6.45) is 3.20. The summed E-state index contributed by atoms with van der Waals surface area (Å²) >= 11 is 0. The Balaban J connectivity index is 1.42. The quantitative estimate of drug-likeness (QED) is 0.490. The second-order valence-electron chi connectivity index (χ2n) is 8.38. The van der Waals surface area contributed by atoms with Crippen molar-refractivity contribution in [3.05, 3.63) is 90.3 Å². The summed E-state index contributed by atoms with van der Waals surface area (Å²) in [5.74, 6) is -0.413. The molecule has 0 spiro atoms. The van der Waals surface area contributed by atoms with Gasteiger partial charge in [-0.2, -0.15) is 0 Å². The van der Waals surface area contributed by atoms with Crippen LogP contribution in [0.3, 0.4) is 0 Å². The Morgan fingerprint density at radius 2 is 1.77 bits per heavy atom. The Labute approximate surface area is 204 Å². The molecule has 35 heavy (non-hydrogen) atoms. The average molecular weight is 473 g/mol. The van der Waals surface area contributed by atoms with Crippen molar-refractivity contribution in [2.75, 3.05) is 20.2 Å². The molecule has 0 radical (unpaired) electrons. The molecule has 0 saturated carbocycles. The summed E-state index contributed by atoms with van der Waals surface area (Å²) < 4.78 is 0. The second-order valence-corrected chi connectivity index (χ2v) is 8.38. The summed E-state index contributed by atoms with van der Waals surface area (Å²) in [4.78, 5) is 36.6. The maximum atomic E-state index is 13.3. The second kappa shape index (κ2) is 11.4. The average Bonchev–Trinajstić information content (AvgIpc) is 3.30. The molecule has 8 heteroatoms. The number of aliphatic hydroxyl groups excluding tert-OH is 1. The zero-order chi connectivity index (χ0) is 24.6. The van der Waals surface area contributed by atoms with E-state index in [0.717, 1.165) is 16.7 Å². The van der Waals surface area contributed by atoms with E-state index in [9.17, 15) is 14.7 Å². The van der Waals surface area contributed by atoms with E-state index in [2.05, 4.69) is 15.5 Å². The summed E-state index contributed by atoms with van der Waals surface area (Å²) in [6.45, 7) is 0.391. The predicted octanol–water partition coefficient (Wildman–Crippen LogP) is 3.21. The van der Waals surface area contributed by atoms with Crippen LogP contribution in [0.2, 0.25) is 0 Å². The molecule has 180 valence electrons. The zero-order valence-corrected chi connectivity index (χ0v) is 19.5. The smallest absolute Gasteiger partial charge is 0.254 e. The standard InChI is InChI=1S/C27H28N4O4/c1-35-30-23-15-24(16-26(33)29-17-25(32)21-5-3-2-4-6-21)31(18-23)27(34)22-9-7-19(8-10-22)20-11-13-28-14-12-20/h2-14,24-25,32H,15-18H2,1H3,(H,29,33)/t24-,25+/m0/s1. The summed E-state index contributed by atoms with van der Waals surface area (Å²) in [5, 5.41) is 17.1. The summed E-state index contributed by atoms with van der Waals surface area (Å²) in [5.41, 5.74) is 3.97. The van der Waals surface area contributed by atoms with Gasteiger partial charge in [0.15, 0.2) is 0 Å². The number of pyridine rings is 1. The lowest BCUT2D eigenvalue weighted by molar-refractivity contribution is -0.122. The van der Waals surface area contributed by atoms with E-state index >= 15 is 0 Å². The molecule has 2 atom stereocenters. The van der Waals surface area contributed by atoms with Crippen molar-refractivity contribution in [1.29, 1.82) is 0 Å². The van der Waals surface area contributed by atoms with Crippen LogP contribution in [0.15, 0.2) is 84.3 Å². The first-order valence-corrected chi connectivity index (χ1v) is 11.4. The number of rotatable bonds is 8. The normalized spacial score (nSPS) is 17.3. The van der Waals surface area contributed by atoms with Crippen LogP contribution in [0.5, 0.6) is 0 Å². The Morgan fingerprint density at radius 1 is 1.09 bits per heavy atom.